The molecule has 1 aliphatic carbocycles. The van der Waals surface area contributed by atoms with Crippen molar-refractivity contribution in [2.24, 2.45) is 13.0 Å². The number of aliphatic hydroxyl groups is 1. The fraction of sp³-hybridized carbons (Fsp3) is 0.875. The molecule has 5 heteroatoms. The lowest BCUT2D eigenvalue weighted by atomic mass is 10.0. The van der Waals surface area contributed by atoms with E-state index in [4.69, 9.17) is 0 Å². The van der Waals surface area contributed by atoms with Crippen LogP contribution in [0.15, 0.2) is 0 Å². The van der Waals surface area contributed by atoms with Crippen LogP contribution in [0.3, 0.4) is 0 Å². The third kappa shape index (κ3) is 1.85. The maximum Gasteiger partial charge on any atom is 0.175 e. The molecule has 0 spiro atoms. The molecule has 0 radical (unpaired) electrons. The van der Waals surface area contributed by atoms with E-state index in [9.17, 15) is 5.11 Å². The number of tetrazole rings is 1. The van der Waals surface area contributed by atoms with E-state index in [1.807, 2.05) is 0 Å². The van der Waals surface area contributed by atoms with Gasteiger partial charge in [0.15, 0.2) is 5.82 Å². The van der Waals surface area contributed by atoms with Gasteiger partial charge in [-0.3, -0.25) is 0 Å². The molecule has 1 aromatic heterocycles. The van der Waals surface area contributed by atoms with Gasteiger partial charge in [-0.05, 0) is 24.0 Å². The zero-order chi connectivity index (χ0) is 9.26. The molecule has 1 N–H and O–H groups in total. The topological polar surface area (TPSA) is 63.8 Å². The Bertz CT molecular complexity index is 285. The second-order valence-corrected chi connectivity index (χ2v) is 3.66. The highest BCUT2D eigenvalue weighted by Crippen LogP contribution is 2.27. The monoisotopic (exact) mass is 182 g/mol. The van der Waals surface area contributed by atoms with Gasteiger partial charge in [0.1, 0.15) is 0 Å². The van der Waals surface area contributed by atoms with Crippen molar-refractivity contribution in [3.05, 3.63) is 5.82 Å². The average molecular weight is 182 g/mol. The van der Waals surface area contributed by atoms with E-state index in [0.29, 0.717) is 5.92 Å². The minimum absolute atomic E-state index is 0.163. The molecule has 0 bridgehead atoms. The Morgan fingerprint density at radius 3 is 2.92 bits per heavy atom. The number of hydrogen-bond donors (Lipinski definition) is 1. The molecular weight excluding hydrogens is 168 g/mol. The molecule has 1 aromatic rings. The van der Waals surface area contributed by atoms with E-state index < -0.39 is 0 Å². The number of aromatic nitrogens is 4. The summed E-state index contributed by atoms with van der Waals surface area (Å²) in [7, 11) is 1.75. The van der Waals surface area contributed by atoms with Crippen LogP contribution in [0.25, 0.3) is 0 Å². The second kappa shape index (κ2) is 3.41. The Labute approximate surface area is 76.8 Å². The quantitative estimate of drug-likeness (QED) is 0.694. The van der Waals surface area contributed by atoms with Crippen molar-refractivity contribution in [1.29, 1.82) is 0 Å². The Morgan fingerprint density at radius 2 is 2.38 bits per heavy atom. The zero-order valence-electron chi connectivity index (χ0n) is 7.72. The van der Waals surface area contributed by atoms with Gasteiger partial charge < -0.3 is 5.11 Å². The van der Waals surface area contributed by atoms with Crippen molar-refractivity contribution < 1.29 is 5.11 Å². The number of rotatable bonds is 2. The SMILES string of the molecule is Cn1nnc(CC2CCCC2O)n1. The van der Waals surface area contributed by atoms with Crippen molar-refractivity contribution in [3.63, 3.8) is 0 Å². The van der Waals surface area contributed by atoms with Gasteiger partial charge in [-0.2, -0.15) is 4.80 Å². The summed E-state index contributed by atoms with van der Waals surface area (Å²) in [4.78, 5) is 1.46. The predicted octanol–water partition coefficient (Wildman–Crippen LogP) is -0.0864. The van der Waals surface area contributed by atoms with Crippen molar-refractivity contribution in [1.82, 2.24) is 20.2 Å². The van der Waals surface area contributed by atoms with E-state index in [0.717, 1.165) is 31.5 Å². The van der Waals surface area contributed by atoms with Gasteiger partial charge in [-0.1, -0.05) is 6.42 Å². The van der Waals surface area contributed by atoms with Crippen LogP contribution < -0.4 is 0 Å². The first-order valence-electron chi connectivity index (χ1n) is 4.66. The summed E-state index contributed by atoms with van der Waals surface area (Å²) < 4.78 is 0. The van der Waals surface area contributed by atoms with Crippen LogP contribution in [-0.2, 0) is 13.5 Å². The molecule has 0 aromatic carbocycles. The maximum absolute atomic E-state index is 9.57. The zero-order valence-corrected chi connectivity index (χ0v) is 7.72. The molecule has 2 rings (SSSR count). The van der Waals surface area contributed by atoms with Crippen molar-refractivity contribution in [2.45, 2.75) is 31.8 Å². The van der Waals surface area contributed by atoms with Crippen LogP contribution in [0.5, 0.6) is 0 Å². The molecular formula is C8H14N4O. The molecule has 2 atom stereocenters. The number of hydrogen-bond acceptors (Lipinski definition) is 4. The molecule has 0 saturated heterocycles. The number of aliphatic hydroxyl groups excluding tert-OH is 1. The second-order valence-electron chi connectivity index (χ2n) is 3.66. The normalized spacial score (nSPS) is 28.2. The Balaban J connectivity index is 1.97. The Morgan fingerprint density at radius 1 is 1.54 bits per heavy atom. The highest BCUT2D eigenvalue weighted by molar-refractivity contribution is 4.87. The van der Waals surface area contributed by atoms with Gasteiger partial charge in [0.05, 0.1) is 13.2 Å². The van der Waals surface area contributed by atoms with Gasteiger partial charge in [-0.25, -0.2) is 0 Å². The van der Waals surface area contributed by atoms with Crippen molar-refractivity contribution in [2.75, 3.05) is 0 Å². The lowest BCUT2D eigenvalue weighted by molar-refractivity contribution is 0.131. The van der Waals surface area contributed by atoms with Gasteiger partial charge in [-0.15, -0.1) is 10.2 Å². The third-order valence-corrected chi connectivity index (χ3v) is 2.61. The van der Waals surface area contributed by atoms with E-state index >= 15 is 0 Å². The van der Waals surface area contributed by atoms with Gasteiger partial charge >= 0.3 is 0 Å². The lowest BCUT2D eigenvalue weighted by Gasteiger charge is -2.10. The first-order valence-corrected chi connectivity index (χ1v) is 4.66. The maximum atomic E-state index is 9.57. The molecule has 5 nitrogen and oxygen atoms in total. The predicted molar refractivity (Wildman–Crippen MR) is 45.8 cm³/mol. The largest absolute Gasteiger partial charge is 0.393 e. The summed E-state index contributed by atoms with van der Waals surface area (Å²) in [5.41, 5.74) is 0. The average Bonchev–Trinajstić information content (AvgIpc) is 2.64. The van der Waals surface area contributed by atoms with E-state index in [2.05, 4.69) is 15.4 Å². The summed E-state index contributed by atoms with van der Waals surface area (Å²) >= 11 is 0. The van der Waals surface area contributed by atoms with E-state index in [-0.39, 0.29) is 6.10 Å². The molecule has 1 heterocycles. The molecule has 0 amide bonds. The van der Waals surface area contributed by atoms with E-state index in [1.54, 1.807) is 7.05 Å². The molecule has 1 aliphatic rings. The number of aryl methyl sites for hydroxylation is 1. The minimum atomic E-state index is -0.163. The van der Waals surface area contributed by atoms with Gasteiger partial charge in [0.25, 0.3) is 0 Å². The molecule has 2 unspecified atom stereocenters. The lowest BCUT2D eigenvalue weighted by Crippen LogP contribution is -2.16. The van der Waals surface area contributed by atoms with Crippen LogP contribution in [0.4, 0.5) is 0 Å². The Hall–Kier alpha value is -0.970. The highest BCUT2D eigenvalue weighted by atomic mass is 16.3. The van der Waals surface area contributed by atoms with Crippen molar-refractivity contribution in [3.8, 4) is 0 Å². The molecule has 1 fully saturated rings. The van der Waals surface area contributed by atoms with Crippen LogP contribution in [0.1, 0.15) is 25.1 Å². The smallest absolute Gasteiger partial charge is 0.175 e. The fourth-order valence-electron chi connectivity index (χ4n) is 1.89. The Kier molecular flexibility index (Phi) is 2.26. The van der Waals surface area contributed by atoms with Crippen LogP contribution in [-0.4, -0.2) is 31.4 Å². The van der Waals surface area contributed by atoms with Crippen molar-refractivity contribution >= 4 is 0 Å². The minimum Gasteiger partial charge on any atom is -0.393 e. The highest BCUT2D eigenvalue weighted by Gasteiger charge is 2.26. The van der Waals surface area contributed by atoms with Crippen LogP contribution >= 0.6 is 0 Å². The third-order valence-electron chi connectivity index (χ3n) is 2.61. The molecule has 1 saturated carbocycles. The number of nitrogens with zero attached hydrogens (tertiary/aromatic N) is 4. The molecule has 0 aliphatic heterocycles. The summed E-state index contributed by atoms with van der Waals surface area (Å²) in [6.45, 7) is 0. The molecule has 72 valence electrons. The first-order chi connectivity index (χ1) is 6.25. The van der Waals surface area contributed by atoms with E-state index in [1.165, 1.54) is 4.80 Å². The standard InChI is InChI=1S/C8H14N4O/c1-12-10-8(9-11-12)5-6-3-2-4-7(6)13/h6-7,13H,2-5H2,1H3. The van der Waals surface area contributed by atoms with Crippen LogP contribution in [0.2, 0.25) is 0 Å². The molecule has 13 heavy (non-hydrogen) atoms. The summed E-state index contributed by atoms with van der Waals surface area (Å²) in [5.74, 6) is 1.08. The summed E-state index contributed by atoms with van der Waals surface area (Å²) in [5, 5.41) is 21.3. The van der Waals surface area contributed by atoms with Gasteiger partial charge in [0.2, 0.25) is 0 Å². The first kappa shape index (κ1) is 8.62. The summed E-state index contributed by atoms with van der Waals surface area (Å²) in [6.07, 6.45) is 3.72. The fourth-order valence-corrected chi connectivity index (χ4v) is 1.89. The summed E-state index contributed by atoms with van der Waals surface area (Å²) in [6, 6.07) is 0. The van der Waals surface area contributed by atoms with Crippen LogP contribution in [0, 0.1) is 5.92 Å². The van der Waals surface area contributed by atoms with Gasteiger partial charge in [0, 0.05) is 6.42 Å².